The number of carbonyl (C=O) groups is 1. The van der Waals surface area contributed by atoms with Crippen LogP contribution in [0.5, 0.6) is 0 Å². The molecule has 1 fully saturated rings. The highest BCUT2D eigenvalue weighted by molar-refractivity contribution is 5.99. The normalized spacial score (nSPS) is 19.7. The van der Waals surface area contributed by atoms with Crippen molar-refractivity contribution in [1.29, 1.82) is 0 Å². The first-order valence-electron chi connectivity index (χ1n) is 6.31. The van der Waals surface area contributed by atoms with Crippen LogP contribution in [0, 0.1) is 0 Å². The average Bonchev–Trinajstić information content (AvgIpc) is 2.39. The molecular weight excluding hydrogens is 230 g/mol. The van der Waals surface area contributed by atoms with Gasteiger partial charge >= 0.3 is 0 Å². The van der Waals surface area contributed by atoms with Gasteiger partial charge in [0.25, 0.3) is 5.91 Å². The van der Waals surface area contributed by atoms with Gasteiger partial charge in [-0.05, 0) is 19.9 Å². The van der Waals surface area contributed by atoms with Crippen molar-refractivity contribution in [2.24, 2.45) is 0 Å². The molecule has 2 rings (SSSR count). The minimum atomic E-state index is 0.0224. The van der Waals surface area contributed by atoms with Gasteiger partial charge in [0, 0.05) is 32.0 Å². The lowest BCUT2D eigenvalue weighted by molar-refractivity contribution is -0.0124. The van der Waals surface area contributed by atoms with Gasteiger partial charge in [-0.3, -0.25) is 9.78 Å². The Morgan fingerprint density at radius 3 is 3.22 bits per heavy atom. The van der Waals surface area contributed by atoms with Crippen LogP contribution in [0.4, 0.5) is 5.69 Å². The van der Waals surface area contributed by atoms with Crippen LogP contribution in [0.15, 0.2) is 18.5 Å². The summed E-state index contributed by atoms with van der Waals surface area (Å²) in [4.78, 5) is 18.3. The minimum Gasteiger partial charge on any atom is -0.385 e. The molecule has 98 valence electrons. The van der Waals surface area contributed by atoms with E-state index in [1.807, 2.05) is 24.8 Å². The van der Waals surface area contributed by atoms with Gasteiger partial charge in [-0.25, -0.2) is 0 Å². The summed E-state index contributed by atoms with van der Waals surface area (Å²) in [5.41, 5.74) is 1.48. The molecule has 5 heteroatoms. The van der Waals surface area contributed by atoms with Crippen LogP contribution in [0.1, 0.15) is 24.2 Å². The van der Waals surface area contributed by atoms with Crippen LogP contribution in [-0.4, -0.2) is 48.1 Å². The van der Waals surface area contributed by atoms with Crippen LogP contribution in [0.25, 0.3) is 0 Å². The summed E-state index contributed by atoms with van der Waals surface area (Å²) < 4.78 is 5.45. The number of amides is 1. The number of pyridine rings is 1. The highest BCUT2D eigenvalue weighted by atomic mass is 16.5. The van der Waals surface area contributed by atoms with Gasteiger partial charge in [-0.2, -0.15) is 0 Å². The lowest BCUT2D eigenvalue weighted by Crippen LogP contribution is -2.44. The molecule has 1 amide bonds. The van der Waals surface area contributed by atoms with Gasteiger partial charge in [0.15, 0.2) is 0 Å². The summed E-state index contributed by atoms with van der Waals surface area (Å²) in [5.74, 6) is 0.0224. The van der Waals surface area contributed by atoms with Crippen LogP contribution in [0.3, 0.4) is 0 Å². The van der Waals surface area contributed by atoms with Gasteiger partial charge < -0.3 is 15.0 Å². The molecule has 1 saturated heterocycles. The van der Waals surface area contributed by atoms with E-state index in [1.54, 1.807) is 12.4 Å². The lowest BCUT2D eigenvalue weighted by Gasteiger charge is -2.31. The number of hydrogen-bond acceptors (Lipinski definition) is 4. The first-order valence-corrected chi connectivity index (χ1v) is 6.31. The standard InChI is InChI=1S/C13H19N3O2/c1-3-15-12-4-5-14-8-11(12)13(17)16-6-7-18-10(2)9-16/h4-5,8,10H,3,6-7,9H2,1-2H3,(H,14,15). The fraction of sp³-hybridized carbons (Fsp3) is 0.538. The van der Waals surface area contributed by atoms with Gasteiger partial charge in [0.1, 0.15) is 0 Å². The summed E-state index contributed by atoms with van der Waals surface area (Å²) in [6.07, 6.45) is 3.42. The molecule has 0 aromatic carbocycles. The van der Waals surface area contributed by atoms with E-state index in [-0.39, 0.29) is 12.0 Å². The molecule has 0 radical (unpaired) electrons. The second kappa shape index (κ2) is 5.82. The van der Waals surface area contributed by atoms with E-state index in [9.17, 15) is 4.79 Å². The highest BCUT2D eigenvalue weighted by Crippen LogP contribution is 2.17. The average molecular weight is 249 g/mol. The number of rotatable bonds is 3. The Morgan fingerprint density at radius 2 is 2.50 bits per heavy atom. The number of hydrogen-bond donors (Lipinski definition) is 1. The van der Waals surface area contributed by atoms with Crippen LogP contribution in [-0.2, 0) is 4.74 Å². The van der Waals surface area contributed by atoms with E-state index >= 15 is 0 Å². The Kier molecular flexibility index (Phi) is 4.15. The van der Waals surface area contributed by atoms with E-state index in [2.05, 4.69) is 10.3 Å². The number of morpholine rings is 1. The number of anilines is 1. The van der Waals surface area contributed by atoms with Crippen LogP contribution < -0.4 is 5.32 Å². The molecule has 5 nitrogen and oxygen atoms in total. The van der Waals surface area contributed by atoms with E-state index < -0.39 is 0 Å². The molecule has 0 bridgehead atoms. The molecule has 2 heterocycles. The second-order valence-corrected chi connectivity index (χ2v) is 4.38. The Labute approximate surface area is 107 Å². The molecule has 1 N–H and O–H groups in total. The van der Waals surface area contributed by atoms with Crippen LogP contribution in [0.2, 0.25) is 0 Å². The Balaban J connectivity index is 2.17. The number of ether oxygens (including phenoxy) is 1. The van der Waals surface area contributed by atoms with Crippen molar-refractivity contribution in [1.82, 2.24) is 9.88 Å². The molecule has 1 aliphatic rings. The summed E-state index contributed by atoms with van der Waals surface area (Å²) in [5, 5.41) is 3.19. The van der Waals surface area contributed by atoms with Crippen molar-refractivity contribution in [3.63, 3.8) is 0 Å². The molecule has 1 unspecified atom stereocenters. The minimum absolute atomic E-state index is 0.0224. The highest BCUT2D eigenvalue weighted by Gasteiger charge is 2.24. The monoisotopic (exact) mass is 249 g/mol. The van der Waals surface area contributed by atoms with Crippen molar-refractivity contribution < 1.29 is 9.53 Å². The predicted molar refractivity (Wildman–Crippen MR) is 69.7 cm³/mol. The molecule has 1 atom stereocenters. The first kappa shape index (κ1) is 12.8. The van der Waals surface area contributed by atoms with Crippen molar-refractivity contribution in [2.45, 2.75) is 20.0 Å². The molecule has 1 aliphatic heterocycles. The molecule has 1 aromatic rings. The lowest BCUT2D eigenvalue weighted by atomic mass is 10.2. The van der Waals surface area contributed by atoms with Gasteiger partial charge in [-0.15, -0.1) is 0 Å². The zero-order chi connectivity index (χ0) is 13.0. The summed E-state index contributed by atoms with van der Waals surface area (Å²) in [6.45, 7) is 6.65. The maximum absolute atomic E-state index is 12.4. The quantitative estimate of drug-likeness (QED) is 0.879. The van der Waals surface area contributed by atoms with Crippen molar-refractivity contribution >= 4 is 11.6 Å². The van der Waals surface area contributed by atoms with E-state index in [4.69, 9.17) is 4.74 Å². The molecule has 1 aromatic heterocycles. The number of aromatic nitrogens is 1. The molecule has 18 heavy (non-hydrogen) atoms. The smallest absolute Gasteiger partial charge is 0.257 e. The van der Waals surface area contributed by atoms with Gasteiger partial charge in [0.2, 0.25) is 0 Å². The van der Waals surface area contributed by atoms with Crippen molar-refractivity contribution in [3.05, 3.63) is 24.0 Å². The summed E-state index contributed by atoms with van der Waals surface area (Å²) >= 11 is 0. The number of nitrogens with zero attached hydrogens (tertiary/aromatic N) is 2. The Hall–Kier alpha value is -1.62. The fourth-order valence-electron chi connectivity index (χ4n) is 2.08. The van der Waals surface area contributed by atoms with Crippen molar-refractivity contribution in [3.8, 4) is 0 Å². The largest absolute Gasteiger partial charge is 0.385 e. The predicted octanol–water partition coefficient (Wildman–Crippen LogP) is 1.37. The van der Waals surface area contributed by atoms with E-state index in [1.165, 1.54) is 0 Å². The van der Waals surface area contributed by atoms with Gasteiger partial charge in [-0.1, -0.05) is 0 Å². The zero-order valence-electron chi connectivity index (χ0n) is 10.8. The second-order valence-electron chi connectivity index (χ2n) is 4.38. The van der Waals surface area contributed by atoms with E-state index in [0.29, 0.717) is 25.3 Å². The molecule has 0 spiro atoms. The topological polar surface area (TPSA) is 54.5 Å². The van der Waals surface area contributed by atoms with Crippen LogP contribution >= 0.6 is 0 Å². The fourth-order valence-corrected chi connectivity index (χ4v) is 2.08. The molecular formula is C13H19N3O2. The van der Waals surface area contributed by atoms with Gasteiger partial charge in [0.05, 0.1) is 24.0 Å². The number of carbonyl (C=O) groups excluding carboxylic acids is 1. The third kappa shape index (κ3) is 2.79. The Morgan fingerprint density at radius 1 is 1.67 bits per heavy atom. The van der Waals surface area contributed by atoms with E-state index in [0.717, 1.165) is 12.2 Å². The molecule has 0 aliphatic carbocycles. The third-order valence-electron chi connectivity index (χ3n) is 2.95. The molecule has 0 saturated carbocycles. The maximum Gasteiger partial charge on any atom is 0.257 e. The Bertz CT molecular complexity index is 422. The summed E-state index contributed by atoms with van der Waals surface area (Å²) in [7, 11) is 0. The first-order chi connectivity index (χ1) is 8.72. The summed E-state index contributed by atoms with van der Waals surface area (Å²) in [6, 6.07) is 1.83. The third-order valence-corrected chi connectivity index (χ3v) is 2.95. The SMILES string of the molecule is CCNc1ccncc1C(=O)N1CCOC(C)C1. The van der Waals surface area contributed by atoms with Crippen molar-refractivity contribution in [2.75, 3.05) is 31.6 Å². The maximum atomic E-state index is 12.4. The number of nitrogens with one attached hydrogen (secondary N) is 1. The zero-order valence-corrected chi connectivity index (χ0v) is 10.8.